The van der Waals surface area contributed by atoms with Crippen molar-refractivity contribution in [1.29, 1.82) is 0 Å². The van der Waals surface area contributed by atoms with Crippen molar-refractivity contribution < 1.29 is 24.0 Å². The maximum atomic E-state index is 13.2. The Balaban J connectivity index is 5.18. The van der Waals surface area contributed by atoms with Crippen molar-refractivity contribution in [3.63, 3.8) is 0 Å². The lowest BCUT2D eigenvalue weighted by atomic mass is 10.00. The van der Waals surface area contributed by atoms with Crippen LogP contribution in [0.3, 0.4) is 0 Å². The number of carbonyl (C=O) groups excluding carboxylic acids is 5. The van der Waals surface area contributed by atoms with E-state index in [0.717, 1.165) is 64.2 Å². The van der Waals surface area contributed by atoms with Gasteiger partial charge in [-0.25, -0.2) is 0 Å². The molecule has 0 saturated heterocycles. The van der Waals surface area contributed by atoms with Gasteiger partial charge in [0.05, 0.1) is 6.04 Å². The summed E-state index contributed by atoms with van der Waals surface area (Å²) in [6.45, 7) is 11.1. The number of hydrogen-bond acceptors (Lipinski definition) is 5. The fraction of sp³-hybridized carbons (Fsp3) is 0.833. The minimum atomic E-state index is -0.674. The summed E-state index contributed by atoms with van der Waals surface area (Å²) in [6.07, 6.45) is 11.2. The number of carbonyl (C=O) groups is 5. The van der Waals surface area contributed by atoms with Crippen molar-refractivity contribution in [2.45, 2.75) is 156 Å². The molecule has 0 fully saturated rings. The monoisotopic (exact) mass is 537 g/mol. The van der Waals surface area contributed by atoms with Gasteiger partial charge in [-0.15, -0.1) is 0 Å². The van der Waals surface area contributed by atoms with Gasteiger partial charge in [-0.2, -0.15) is 0 Å². The quantitative estimate of drug-likeness (QED) is 0.155. The third-order valence-electron chi connectivity index (χ3n) is 6.94. The van der Waals surface area contributed by atoms with E-state index in [2.05, 4.69) is 36.7 Å². The highest BCUT2D eigenvalue weighted by molar-refractivity contribution is 5.89. The van der Waals surface area contributed by atoms with Gasteiger partial charge in [-0.1, -0.05) is 85.5 Å². The predicted molar refractivity (Wildman–Crippen MR) is 153 cm³/mol. The highest BCUT2D eigenvalue weighted by Crippen LogP contribution is 2.13. The van der Waals surface area contributed by atoms with Gasteiger partial charge in [0.2, 0.25) is 17.7 Å². The van der Waals surface area contributed by atoms with Crippen LogP contribution in [-0.4, -0.2) is 47.4 Å². The molecule has 0 aromatic heterocycles. The van der Waals surface area contributed by atoms with Crippen LogP contribution in [0.15, 0.2) is 0 Å². The first-order valence-electron chi connectivity index (χ1n) is 14.9. The van der Waals surface area contributed by atoms with Crippen molar-refractivity contribution in [3.05, 3.63) is 0 Å². The Kier molecular flexibility index (Phi) is 20.4. The van der Waals surface area contributed by atoms with Gasteiger partial charge < -0.3 is 16.0 Å². The smallest absolute Gasteiger partial charge is 0.242 e. The van der Waals surface area contributed by atoms with Gasteiger partial charge >= 0.3 is 0 Å². The molecular formula is C30H55N3O5. The van der Waals surface area contributed by atoms with Crippen molar-refractivity contribution in [1.82, 2.24) is 16.0 Å². The zero-order chi connectivity index (χ0) is 28.9. The molecular weight excluding hydrogens is 482 g/mol. The van der Waals surface area contributed by atoms with Crippen LogP contribution in [0.25, 0.3) is 0 Å². The number of unbranched alkanes of at least 4 members (excludes halogenated alkanes) is 6. The molecule has 0 aliphatic rings. The molecule has 220 valence electrons. The minimum absolute atomic E-state index is 0.0716. The summed E-state index contributed by atoms with van der Waals surface area (Å²) in [6, 6.07) is -1.70. The van der Waals surface area contributed by atoms with Crippen LogP contribution >= 0.6 is 0 Å². The van der Waals surface area contributed by atoms with E-state index in [-0.39, 0.29) is 54.5 Å². The van der Waals surface area contributed by atoms with E-state index in [0.29, 0.717) is 12.8 Å². The fourth-order valence-corrected chi connectivity index (χ4v) is 4.43. The summed E-state index contributed by atoms with van der Waals surface area (Å²) in [7, 11) is 0. The molecule has 8 nitrogen and oxygen atoms in total. The summed E-state index contributed by atoms with van der Waals surface area (Å²) >= 11 is 0. The van der Waals surface area contributed by atoms with Crippen LogP contribution in [0.1, 0.15) is 138 Å². The normalized spacial score (nSPS) is 14.2. The minimum Gasteiger partial charge on any atom is -0.351 e. The van der Waals surface area contributed by atoms with Crippen molar-refractivity contribution in [2.24, 2.45) is 5.92 Å². The van der Waals surface area contributed by atoms with Gasteiger partial charge in [0, 0.05) is 24.8 Å². The van der Waals surface area contributed by atoms with Crippen LogP contribution in [0.4, 0.5) is 0 Å². The molecule has 3 N–H and O–H groups in total. The molecule has 0 aromatic rings. The molecule has 4 unspecified atom stereocenters. The first kappa shape index (κ1) is 35.8. The number of Topliss-reactive ketones (excluding diaryl/α,β-unsaturated/α-hetero) is 2. The van der Waals surface area contributed by atoms with Gasteiger partial charge in [0.15, 0.2) is 5.78 Å². The molecule has 0 bridgehead atoms. The lowest BCUT2D eigenvalue weighted by molar-refractivity contribution is -0.132. The SMILES string of the molecule is CCCCCC(C)C(=O)NC(CCCCC)C(=O)NC(CCC(=O)NC(CCCCC)C(C)=O)CC(C)=O. The number of ketones is 2. The van der Waals surface area contributed by atoms with E-state index in [9.17, 15) is 24.0 Å². The zero-order valence-electron chi connectivity index (χ0n) is 25.0. The van der Waals surface area contributed by atoms with Crippen LogP contribution in [-0.2, 0) is 24.0 Å². The second-order valence-electron chi connectivity index (χ2n) is 10.8. The van der Waals surface area contributed by atoms with E-state index in [1.54, 1.807) is 0 Å². The lowest BCUT2D eigenvalue weighted by Gasteiger charge is -2.24. The Morgan fingerprint density at radius 1 is 0.605 bits per heavy atom. The Hall–Kier alpha value is -2.25. The summed E-state index contributed by atoms with van der Waals surface area (Å²) in [4.78, 5) is 62.4. The summed E-state index contributed by atoms with van der Waals surface area (Å²) < 4.78 is 0. The van der Waals surface area contributed by atoms with Gasteiger partial charge in [-0.05, 0) is 39.5 Å². The Labute approximate surface area is 231 Å². The van der Waals surface area contributed by atoms with E-state index in [1.165, 1.54) is 13.8 Å². The highest BCUT2D eigenvalue weighted by atomic mass is 16.2. The van der Waals surface area contributed by atoms with Crippen molar-refractivity contribution >= 4 is 29.3 Å². The largest absolute Gasteiger partial charge is 0.351 e. The van der Waals surface area contributed by atoms with Crippen molar-refractivity contribution in [2.75, 3.05) is 0 Å². The van der Waals surface area contributed by atoms with Gasteiger partial charge in [0.1, 0.15) is 11.8 Å². The molecule has 0 aromatic carbocycles. The molecule has 0 aliphatic heterocycles. The van der Waals surface area contributed by atoms with E-state index in [1.807, 2.05) is 6.92 Å². The van der Waals surface area contributed by atoms with Crippen LogP contribution in [0.5, 0.6) is 0 Å². The maximum absolute atomic E-state index is 13.2. The van der Waals surface area contributed by atoms with Crippen LogP contribution in [0.2, 0.25) is 0 Å². The van der Waals surface area contributed by atoms with E-state index < -0.39 is 18.1 Å². The highest BCUT2D eigenvalue weighted by Gasteiger charge is 2.26. The molecule has 0 aliphatic carbocycles. The zero-order valence-corrected chi connectivity index (χ0v) is 25.0. The second kappa shape index (κ2) is 21.7. The fourth-order valence-electron chi connectivity index (χ4n) is 4.43. The van der Waals surface area contributed by atoms with Crippen LogP contribution < -0.4 is 16.0 Å². The standard InChI is InChI=1S/C30H55N3O5/c1-7-10-13-16-22(4)29(37)33-27(18-15-12-9-3)30(38)31-25(21-23(5)34)19-20-28(36)32-26(24(6)35)17-14-11-8-2/h22,25-27H,7-21H2,1-6H3,(H,31,38)(H,32,36)(H,33,37). The van der Waals surface area contributed by atoms with E-state index in [4.69, 9.17) is 0 Å². The third kappa shape index (κ3) is 17.3. The molecule has 3 amide bonds. The Morgan fingerprint density at radius 3 is 1.63 bits per heavy atom. The lowest BCUT2D eigenvalue weighted by Crippen LogP contribution is -2.51. The van der Waals surface area contributed by atoms with Gasteiger partial charge in [-0.3, -0.25) is 24.0 Å². The average Bonchev–Trinajstić information content (AvgIpc) is 2.85. The molecule has 38 heavy (non-hydrogen) atoms. The topological polar surface area (TPSA) is 121 Å². The Morgan fingerprint density at radius 2 is 1.13 bits per heavy atom. The summed E-state index contributed by atoms with van der Waals surface area (Å²) in [5.41, 5.74) is 0. The molecule has 8 heteroatoms. The molecule has 0 spiro atoms. The summed E-state index contributed by atoms with van der Waals surface area (Å²) in [5.74, 6) is -1.04. The Bertz CT molecular complexity index is 725. The number of hydrogen-bond donors (Lipinski definition) is 3. The first-order chi connectivity index (χ1) is 18.0. The predicted octanol–water partition coefficient (Wildman–Crippen LogP) is 5.17. The molecule has 0 rings (SSSR count). The second-order valence-corrected chi connectivity index (χ2v) is 10.8. The molecule has 0 saturated carbocycles. The molecule has 4 atom stereocenters. The maximum Gasteiger partial charge on any atom is 0.242 e. The first-order valence-corrected chi connectivity index (χ1v) is 14.9. The summed E-state index contributed by atoms with van der Waals surface area (Å²) in [5, 5.41) is 8.67. The van der Waals surface area contributed by atoms with E-state index >= 15 is 0 Å². The van der Waals surface area contributed by atoms with Crippen LogP contribution in [0, 0.1) is 5.92 Å². The van der Waals surface area contributed by atoms with Gasteiger partial charge in [0.25, 0.3) is 0 Å². The molecule has 0 heterocycles. The van der Waals surface area contributed by atoms with Crippen molar-refractivity contribution in [3.8, 4) is 0 Å². The number of rotatable bonds is 23. The third-order valence-corrected chi connectivity index (χ3v) is 6.94. The molecule has 0 radical (unpaired) electrons. The average molecular weight is 538 g/mol. The number of nitrogens with one attached hydrogen (secondary N) is 3. The number of amides is 3.